The van der Waals surface area contributed by atoms with Gasteiger partial charge in [0.05, 0.1) is 6.61 Å². The van der Waals surface area contributed by atoms with Gasteiger partial charge in [-0.05, 0) is 31.7 Å². The van der Waals surface area contributed by atoms with Gasteiger partial charge in [-0.2, -0.15) is 0 Å². The zero-order chi connectivity index (χ0) is 10.4. The Bertz CT molecular complexity index is 146. The van der Waals surface area contributed by atoms with Crippen molar-refractivity contribution in [3.63, 3.8) is 0 Å². The summed E-state index contributed by atoms with van der Waals surface area (Å²) in [6.45, 7) is 6.29. The second kappa shape index (κ2) is 6.38. The molecule has 3 heteroatoms. The Morgan fingerprint density at radius 3 is 2.93 bits per heavy atom. The van der Waals surface area contributed by atoms with Crippen LogP contribution in [0.4, 0.5) is 0 Å². The maximum atomic E-state index is 8.94. The topological polar surface area (TPSA) is 32.7 Å². The molecule has 0 aromatic heterocycles. The molecule has 14 heavy (non-hydrogen) atoms. The smallest absolute Gasteiger partial charge is 0.0506 e. The minimum absolute atomic E-state index is 0.283. The molecule has 1 heterocycles. The first-order valence-corrected chi connectivity index (χ1v) is 5.59. The SMILES string of the molecule is CC(CO)CN(C)CC1CCCOC1. The Morgan fingerprint density at radius 2 is 2.36 bits per heavy atom. The van der Waals surface area contributed by atoms with Gasteiger partial charge < -0.3 is 14.7 Å². The van der Waals surface area contributed by atoms with Gasteiger partial charge in [-0.15, -0.1) is 0 Å². The summed E-state index contributed by atoms with van der Waals surface area (Å²) in [5.74, 6) is 1.07. The molecule has 0 aliphatic carbocycles. The van der Waals surface area contributed by atoms with Gasteiger partial charge in [0.15, 0.2) is 0 Å². The lowest BCUT2D eigenvalue weighted by molar-refractivity contribution is 0.0392. The molecule has 84 valence electrons. The zero-order valence-electron chi connectivity index (χ0n) is 9.41. The number of rotatable bonds is 5. The molecule has 0 radical (unpaired) electrons. The Labute approximate surface area is 87.1 Å². The van der Waals surface area contributed by atoms with E-state index in [9.17, 15) is 0 Å². The summed E-state index contributed by atoms with van der Waals surface area (Å²) in [5.41, 5.74) is 0. The van der Waals surface area contributed by atoms with Gasteiger partial charge in [-0.3, -0.25) is 0 Å². The minimum atomic E-state index is 0.283. The van der Waals surface area contributed by atoms with Crippen molar-refractivity contribution in [3.05, 3.63) is 0 Å². The van der Waals surface area contributed by atoms with Crippen LogP contribution in [0.3, 0.4) is 0 Å². The van der Waals surface area contributed by atoms with Crippen LogP contribution in [0, 0.1) is 11.8 Å². The summed E-state index contributed by atoms with van der Waals surface area (Å²) < 4.78 is 5.44. The number of hydrogen-bond acceptors (Lipinski definition) is 3. The quantitative estimate of drug-likeness (QED) is 0.719. The van der Waals surface area contributed by atoms with Crippen LogP contribution in [0.25, 0.3) is 0 Å². The third kappa shape index (κ3) is 4.40. The van der Waals surface area contributed by atoms with Gasteiger partial charge in [0.2, 0.25) is 0 Å². The molecular weight excluding hydrogens is 178 g/mol. The fraction of sp³-hybridized carbons (Fsp3) is 1.00. The van der Waals surface area contributed by atoms with Gasteiger partial charge in [-0.25, -0.2) is 0 Å². The van der Waals surface area contributed by atoms with E-state index >= 15 is 0 Å². The third-order valence-corrected chi connectivity index (χ3v) is 2.76. The lowest BCUT2D eigenvalue weighted by atomic mass is 10.0. The Kier molecular flexibility index (Phi) is 5.45. The normalized spacial score (nSPS) is 25.3. The summed E-state index contributed by atoms with van der Waals surface area (Å²) in [6.07, 6.45) is 2.49. The standard InChI is InChI=1S/C11H23NO2/c1-10(8-13)6-12(2)7-11-4-3-5-14-9-11/h10-11,13H,3-9H2,1-2H3. The highest BCUT2D eigenvalue weighted by Crippen LogP contribution is 2.14. The fourth-order valence-corrected chi connectivity index (χ4v) is 2.06. The molecule has 1 rings (SSSR count). The average molecular weight is 201 g/mol. The van der Waals surface area contributed by atoms with Crippen LogP contribution in [0.15, 0.2) is 0 Å². The van der Waals surface area contributed by atoms with Crippen LogP contribution in [0.2, 0.25) is 0 Å². The Hall–Kier alpha value is -0.120. The fourth-order valence-electron chi connectivity index (χ4n) is 2.06. The zero-order valence-corrected chi connectivity index (χ0v) is 9.41. The van der Waals surface area contributed by atoms with Gasteiger partial charge in [-0.1, -0.05) is 6.92 Å². The number of aliphatic hydroxyl groups excluding tert-OH is 1. The molecule has 0 spiro atoms. The first-order valence-electron chi connectivity index (χ1n) is 5.59. The van der Waals surface area contributed by atoms with Crippen molar-refractivity contribution in [2.45, 2.75) is 19.8 Å². The second-order valence-corrected chi connectivity index (χ2v) is 4.59. The van der Waals surface area contributed by atoms with Crippen molar-refractivity contribution in [3.8, 4) is 0 Å². The van der Waals surface area contributed by atoms with Crippen molar-refractivity contribution in [2.75, 3.05) is 40.0 Å². The highest BCUT2D eigenvalue weighted by atomic mass is 16.5. The number of hydrogen-bond donors (Lipinski definition) is 1. The summed E-state index contributed by atoms with van der Waals surface area (Å²) in [6, 6.07) is 0. The third-order valence-electron chi connectivity index (χ3n) is 2.76. The largest absolute Gasteiger partial charge is 0.396 e. The summed E-state index contributed by atoms with van der Waals surface area (Å²) in [7, 11) is 2.13. The highest BCUT2D eigenvalue weighted by Gasteiger charge is 2.16. The lowest BCUT2D eigenvalue weighted by Gasteiger charge is -2.28. The molecule has 0 saturated carbocycles. The van der Waals surface area contributed by atoms with Crippen LogP contribution in [-0.2, 0) is 4.74 Å². The second-order valence-electron chi connectivity index (χ2n) is 4.59. The molecule has 1 aliphatic heterocycles. The molecule has 1 fully saturated rings. The molecule has 3 nitrogen and oxygen atoms in total. The molecular formula is C11H23NO2. The summed E-state index contributed by atoms with van der Waals surface area (Å²) in [4.78, 5) is 2.31. The minimum Gasteiger partial charge on any atom is -0.396 e. The number of ether oxygens (including phenoxy) is 1. The van der Waals surface area contributed by atoms with E-state index in [4.69, 9.17) is 9.84 Å². The van der Waals surface area contributed by atoms with E-state index in [0.717, 1.165) is 26.3 Å². The van der Waals surface area contributed by atoms with E-state index < -0.39 is 0 Å². The van der Waals surface area contributed by atoms with Crippen LogP contribution in [0.5, 0.6) is 0 Å². The molecule has 1 saturated heterocycles. The Morgan fingerprint density at radius 1 is 1.57 bits per heavy atom. The van der Waals surface area contributed by atoms with E-state index in [-0.39, 0.29) is 6.61 Å². The van der Waals surface area contributed by atoms with Crippen LogP contribution in [0.1, 0.15) is 19.8 Å². The molecule has 0 aromatic carbocycles. The molecule has 1 N–H and O–H groups in total. The molecule has 1 aliphatic rings. The monoisotopic (exact) mass is 201 g/mol. The van der Waals surface area contributed by atoms with E-state index in [1.807, 2.05) is 0 Å². The van der Waals surface area contributed by atoms with Crippen molar-refractivity contribution in [1.29, 1.82) is 0 Å². The number of nitrogens with zero attached hydrogens (tertiary/aromatic N) is 1. The molecule has 0 bridgehead atoms. The first kappa shape index (κ1) is 12.0. The highest BCUT2D eigenvalue weighted by molar-refractivity contribution is 4.68. The predicted molar refractivity (Wildman–Crippen MR) is 57.3 cm³/mol. The molecule has 0 aromatic rings. The average Bonchev–Trinajstić information content (AvgIpc) is 2.19. The lowest BCUT2D eigenvalue weighted by Crippen LogP contribution is -2.34. The van der Waals surface area contributed by atoms with Crippen molar-refractivity contribution in [2.24, 2.45) is 11.8 Å². The van der Waals surface area contributed by atoms with Crippen LogP contribution in [-0.4, -0.2) is 50.0 Å². The Balaban J connectivity index is 2.14. The van der Waals surface area contributed by atoms with Crippen molar-refractivity contribution >= 4 is 0 Å². The number of aliphatic hydroxyl groups is 1. The molecule has 0 amide bonds. The maximum absolute atomic E-state index is 8.94. The molecule has 2 atom stereocenters. The van der Waals surface area contributed by atoms with Gasteiger partial charge >= 0.3 is 0 Å². The maximum Gasteiger partial charge on any atom is 0.0506 e. The van der Waals surface area contributed by atoms with Gasteiger partial charge in [0.25, 0.3) is 0 Å². The van der Waals surface area contributed by atoms with Crippen molar-refractivity contribution < 1.29 is 9.84 Å². The first-order chi connectivity index (χ1) is 6.72. The van der Waals surface area contributed by atoms with E-state index in [0.29, 0.717) is 11.8 Å². The molecule has 2 unspecified atom stereocenters. The summed E-state index contributed by atoms with van der Waals surface area (Å²) in [5, 5.41) is 8.94. The van der Waals surface area contributed by atoms with Crippen LogP contribution < -0.4 is 0 Å². The van der Waals surface area contributed by atoms with Crippen molar-refractivity contribution in [1.82, 2.24) is 4.90 Å². The van der Waals surface area contributed by atoms with Gasteiger partial charge in [0.1, 0.15) is 0 Å². The van der Waals surface area contributed by atoms with Gasteiger partial charge in [0, 0.05) is 26.3 Å². The van der Waals surface area contributed by atoms with E-state index in [1.165, 1.54) is 12.8 Å². The van der Waals surface area contributed by atoms with E-state index in [1.54, 1.807) is 0 Å². The van der Waals surface area contributed by atoms with E-state index in [2.05, 4.69) is 18.9 Å². The van der Waals surface area contributed by atoms with Crippen LogP contribution >= 0.6 is 0 Å². The summed E-state index contributed by atoms with van der Waals surface area (Å²) >= 11 is 0. The predicted octanol–water partition coefficient (Wildman–Crippen LogP) is 0.973.